The zero-order valence-corrected chi connectivity index (χ0v) is 11.4. The van der Waals surface area contributed by atoms with Crippen molar-refractivity contribution in [2.45, 2.75) is 38.8 Å². The molecule has 0 aliphatic rings. The summed E-state index contributed by atoms with van der Waals surface area (Å²) in [6.07, 6.45) is 3.18. The smallest absolute Gasteiger partial charge is 0.326 e. The van der Waals surface area contributed by atoms with E-state index in [9.17, 15) is 9.59 Å². The highest BCUT2D eigenvalue weighted by molar-refractivity contribution is 5.89. The van der Waals surface area contributed by atoms with Crippen LogP contribution in [0.15, 0.2) is 12.5 Å². The molecule has 0 bridgehead atoms. The first-order valence-electron chi connectivity index (χ1n) is 6.13. The van der Waals surface area contributed by atoms with Gasteiger partial charge in [-0.25, -0.2) is 9.78 Å². The standard InChI is InChI=1S/C12H20N4O3/c1-4-15-12(2,3)11(19)16-9(10(17)18)5-8-6-13-7-14-8/h6-7,9,15H,4-5H2,1-3H3,(H,13,14)(H,16,19)(H,17,18). The maximum atomic E-state index is 12.0. The van der Waals surface area contributed by atoms with Crippen molar-refractivity contribution in [2.75, 3.05) is 6.54 Å². The van der Waals surface area contributed by atoms with Gasteiger partial charge in [0.05, 0.1) is 11.9 Å². The van der Waals surface area contributed by atoms with Crippen molar-refractivity contribution in [3.63, 3.8) is 0 Å². The van der Waals surface area contributed by atoms with E-state index in [1.807, 2.05) is 6.92 Å². The molecule has 1 rings (SSSR count). The summed E-state index contributed by atoms with van der Waals surface area (Å²) in [4.78, 5) is 29.8. The lowest BCUT2D eigenvalue weighted by Crippen LogP contribution is -2.56. The van der Waals surface area contributed by atoms with E-state index in [0.717, 1.165) is 0 Å². The average Bonchev–Trinajstić information content (AvgIpc) is 2.80. The van der Waals surface area contributed by atoms with Crippen LogP contribution in [-0.4, -0.2) is 45.1 Å². The fourth-order valence-corrected chi connectivity index (χ4v) is 1.68. The Morgan fingerprint density at radius 2 is 2.21 bits per heavy atom. The monoisotopic (exact) mass is 268 g/mol. The van der Waals surface area contributed by atoms with Gasteiger partial charge in [0.2, 0.25) is 5.91 Å². The molecular formula is C12H20N4O3. The molecule has 0 fully saturated rings. The Hall–Kier alpha value is -1.89. The van der Waals surface area contributed by atoms with E-state index in [4.69, 9.17) is 5.11 Å². The van der Waals surface area contributed by atoms with Crippen molar-refractivity contribution in [2.24, 2.45) is 0 Å². The number of nitrogens with zero attached hydrogens (tertiary/aromatic N) is 1. The number of hydrogen-bond donors (Lipinski definition) is 4. The summed E-state index contributed by atoms with van der Waals surface area (Å²) in [5, 5.41) is 14.7. The number of aromatic nitrogens is 2. The fourth-order valence-electron chi connectivity index (χ4n) is 1.68. The molecule has 7 nitrogen and oxygen atoms in total. The summed E-state index contributed by atoms with van der Waals surface area (Å²) in [7, 11) is 0. The lowest BCUT2D eigenvalue weighted by molar-refractivity contribution is -0.142. The van der Waals surface area contributed by atoms with Crippen molar-refractivity contribution in [3.8, 4) is 0 Å². The molecule has 1 heterocycles. The van der Waals surface area contributed by atoms with E-state index in [0.29, 0.717) is 12.2 Å². The Morgan fingerprint density at radius 3 is 2.68 bits per heavy atom. The Bertz CT molecular complexity index is 428. The van der Waals surface area contributed by atoms with E-state index < -0.39 is 17.6 Å². The van der Waals surface area contributed by atoms with Gasteiger partial charge < -0.3 is 20.7 Å². The van der Waals surface area contributed by atoms with Crippen molar-refractivity contribution in [1.29, 1.82) is 0 Å². The second kappa shape index (κ2) is 6.33. The van der Waals surface area contributed by atoms with E-state index in [1.165, 1.54) is 12.5 Å². The number of likely N-dealkylation sites (N-methyl/N-ethyl adjacent to an activating group) is 1. The van der Waals surface area contributed by atoms with Crippen LogP contribution >= 0.6 is 0 Å². The molecule has 1 amide bonds. The average molecular weight is 268 g/mol. The van der Waals surface area contributed by atoms with E-state index in [2.05, 4.69) is 20.6 Å². The zero-order chi connectivity index (χ0) is 14.5. The maximum absolute atomic E-state index is 12.0. The van der Waals surface area contributed by atoms with Gasteiger partial charge in [0, 0.05) is 18.3 Å². The van der Waals surface area contributed by atoms with Crippen molar-refractivity contribution in [1.82, 2.24) is 20.6 Å². The molecule has 0 spiro atoms. The normalized spacial score (nSPS) is 13.0. The van der Waals surface area contributed by atoms with Crippen LogP contribution in [0.2, 0.25) is 0 Å². The second-order valence-electron chi connectivity index (χ2n) is 4.80. The number of amides is 1. The molecule has 1 atom stereocenters. The predicted octanol–water partition coefficient (Wildman–Crippen LogP) is -0.0903. The third kappa shape index (κ3) is 4.36. The number of rotatable bonds is 7. The summed E-state index contributed by atoms with van der Waals surface area (Å²) in [5.74, 6) is -1.42. The highest BCUT2D eigenvalue weighted by Crippen LogP contribution is 2.05. The molecule has 106 valence electrons. The molecule has 1 aromatic rings. The minimum Gasteiger partial charge on any atom is -0.480 e. The highest BCUT2D eigenvalue weighted by Gasteiger charge is 2.30. The third-order valence-corrected chi connectivity index (χ3v) is 2.77. The Labute approximate surface area is 111 Å². The Morgan fingerprint density at radius 1 is 1.53 bits per heavy atom. The minimum absolute atomic E-state index is 0.170. The first-order chi connectivity index (χ1) is 8.86. The van der Waals surface area contributed by atoms with Gasteiger partial charge in [-0.15, -0.1) is 0 Å². The van der Waals surface area contributed by atoms with Gasteiger partial charge in [0.25, 0.3) is 0 Å². The van der Waals surface area contributed by atoms with Crippen LogP contribution < -0.4 is 10.6 Å². The molecule has 0 saturated carbocycles. The molecule has 7 heteroatoms. The molecule has 0 radical (unpaired) electrons. The van der Waals surface area contributed by atoms with E-state index in [1.54, 1.807) is 13.8 Å². The summed E-state index contributed by atoms with van der Waals surface area (Å²) >= 11 is 0. The predicted molar refractivity (Wildman–Crippen MR) is 69.6 cm³/mol. The first-order valence-corrected chi connectivity index (χ1v) is 6.13. The molecule has 4 N–H and O–H groups in total. The van der Waals surface area contributed by atoms with Crippen LogP contribution in [-0.2, 0) is 16.0 Å². The maximum Gasteiger partial charge on any atom is 0.326 e. The quantitative estimate of drug-likeness (QED) is 0.553. The number of aromatic amines is 1. The molecule has 0 aromatic carbocycles. The third-order valence-electron chi connectivity index (χ3n) is 2.77. The van der Waals surface area contributed by atoms with Crippen LogP contribution in [0.5, 0.6) is 0 Å². The highest BCUT2D eigenvalue weighted by atomic mass is 16.4. The number of carbonyl (C=O) groups is 2. The summed E-state index contributed by atoms with van der Waals surface area (Å²) in [6.45, 7) is 5.93. The Kier molecular flexibility index (Phi) is 5.05. The molecule has 0 saturated heterocycles. The van der Waals surface area contributed by atoms with Crippen LogP contribution in [0.4, 0.5) is 0 Å². The number of nitrogens with one attached hydrogen (secondary N) is 3. The number of carboxylic acids is 1. The Balaban J connectivity index is 2.69. The largest absolute Gasteiger partial charge is 0.480 e. The summed E-state index contributed by atoms with van der Waals surface area (Å²) in [6, 6.07) is -0.981. The van der Waals surface area contributed by atoms with Gasteiger partial charge in [-0.2, -0.15) is 0 Å². The SMILES string of the molecule is CCNC(C)(C)C(=O)NC(Cc1cnc[nH]1)C(=O)O. The van der Waals surface area contributed by atoms with Gasteiger partial charge in [-0.05, 0) is 20.4 Å². The van der Waals surface area contributed by atoms with Crippen molar-refractivity contribution < 1.29 is 14.7 Å². The van der Waals surface area contributed by atoms with Crippen molar-refractivity contribution >= 4 is 11.9 Å². The van der Waals surface area contributed by atoms with Gasteiger partial charge in [-0.3, -0.25) is 4.79 Å². The lowest BCUT2D eigenvalue weighted by Gasteiger charge is -2.26. The molecule has 1 unspecified atom stereocenters. The number of carboxylic acid groups (broad SMARTS) is 1. The van der Waals surface area contributed by atoms with Crippen LogP contribution in [0.1, 0.15) is 26.5 Å². The van der Waals surface area contributed by atoms with Crippen molar-refractivity contribution in [3.05, 3.63) is 18.2 Å². The number of imidazole rings is 1. The van der Waals surface area contributed by atoms with Gasteiger partial charge >= 0.3 is 5.97 Å². The minimum atomic E-state index is -1.07. The molecule has 19 heavy (non-hydrogen) atoms. The fraction of sp³-hybridized carbons (Fsp3) is 0.583. The number of hydrogen-bond acceptors (Lipinski definition) is 4. The number of carbonyl (C=O) groups excluding carboxylic acids is 1. The topological polar surface area (TPSA) is 107 Å². The zero-order valence-electron chi connectivity index (χ0n) is 11.4. The van der Waals surface area contributed by atoms with E-state index >= 15 is 0 Å². The number of aliphatic carboxylic acids is 1. The lowest BCUT2D eigenvalue weighted by atomic mass is 10.0. The molecule has 0 aliphatic carbocycles. The number of H-pyrrole nitrogens is 1. The van der Waals surface area contributed by atoms with Gasteiger partial charge in [0.15, 0.2) is 0 Å². The second-order valence-corrected chi connectivity index (χ2v) is 4.80. The summed E-state index contributed by atoms with van der Waals surface area (Å²) in [5.41, 5.74) is -0.148. The molecule has 0 aliphatic heterocycles. The van der Waals surface area contributed by atoms with Crippen LogP contribution in [0, 0.1) is 0 Å². The van der Waals surface area contributed by atoms with Gasteiger partial charge in [0.1, 0.15) is 6.04 Å². The van der Waals surface area contributed by atoms with Crippen LogP contribution in [0.25, 0.3) is 0 Å². The van der Waals surface area contributed by atoms with Crippen LogP contribution in [0.3, 0.4) is 0 Å². The molecular weight excluding hydrogens is 248 g/mol. The van der Waals surface area contributed by atoms with E-state index in [-0.39, 0.29) is 12.3 Å². The first kappa shape index (κ1) is 15.2. The summed E-state index contributed by atoms with van der Waals surface area (Å²) < 4.78 is 0. The molecule has 1 aromatic heterocycles. The van der Waals surface area contributed by atoms with Gasteiger partial charge in [-0.1, -0.05) is 6.92 Å².